The first kappa shape index (κ1) is 25.4. The SMILES string of the molecule is Nc1nccc2cc(N[C@H]3C(=O)NCc4cc(ccc4S(=O)O)NC(=O)CCCc4ccc3cc4)ccc12. The number of amides is 2. The van der Waals surface area contributed by atoms with Crippen LogP contribution in [0.25, 0.3) is 10.8 Å². The summed E-state index contributed by atoms with van der Waals surface area (Å²) in [5, 5.41) is 10.8. The first-order valence-corrected chi connectivity index (χ1v) is 13.3. The third-order valence-corrected chi connectivity index (χ3v) is 7.31. The van der Waals surface area contributed by atoms with E-state index in [0.29, 0.717) is 36.3 Å². The van der Waals surface area contributed by atoms with Gasteiger partial charge >= 0.3 is 0 Å². The Morgan fingerprint density at radius 2 is 1.82 bits per heavy atom. The molecule has 3 heterocycles. The highest BCUT2D eigenvalue weighted by molar-refractivity contribution is 7.79. The van der Waals surface area contributed by atoms with Gasteiger partial charge in [-0.2, -0.15) is 0 Å². The monoisotopic (exact) mass is 529 g/mol. The van der Waals surface area contributed by atoms with Crippen LogP contribution in [0.5, 0.6) is 0 Å². The summed E-state index contributed by atoms with van der Waals surface area (Å²) in [4.78, 5) is 30.2. The molecule has 9 nitrogen and oxygen atoms in total. The van der Waals surface area contributed by atoms with Crippen molar-refractivity contribution in [3.8, 4) is 0 Å². The first-order valence-electron chi connectivity index (χ1n) is 12.2. The molecule has 2 atom stereocenters. The quantitative estimate of drug-likeness (QED) is 0.251. The Bertz CT molecular complexity index is 1540. The summed E-state index contributed by atoms with van der Waals surface area (Å²) in [5.41, 5.74) is 9.48. The molecule has 0 saturated heterocycles. The van der Waals surface area contributed by atoms with Crippen molar-refractivity contribution < 1.29 is 18.4 Å². The van der Waals surface area contributed by atoms with Gasteiger partial charge in [-0.1, -0.05) is 24.3 Å². The number of aryl methyl sites for hydroxylation is 1. The summed E-state index contributed by atoms with van der Waals surface area (Å²) in [5.74, 6) is -0.0235. The van der Waals surface area contributed by atoms with E-state index in [0.717, 1.165) is 27.6 Å². The molecule has 0 fully saturated rings. The number of hydrogen-bond acceptors (Lipinski definition) is 6. The lowest BCUT2D eigenvalue weighted by molar-refractivity contribution is -0.122. The maximum atomic E-state index is 13.5. The van der Waals surface area contributed by atoms with Crippen molar-refractivity contribution >= 4 is 50.9 Å². The molecule has 0 spiro atoms. The number of anilines is 3. The maximum Gasteiger partial charge on any atom is 0.247 e. The van der Waals surface area contributed by atoms with Gasteiger partial charge in [-0.25, -0.2) is 9.19 Å². The summed E-state index contributed by atoms with van der Waals surface area (Å²) >= 11 is -2.26. The second-order valence-corrected chi connectivity index (χ2v) is 10.1. The van der Waals surface area contributed by atoms with Crippen molar-refractivity contribution in [3.05, 3.63) is 89.6 Å². The zero-order chi connectivity index (χ0) is 26.6. The van der Waals surface area contributed by atoms with Crippen molar-refractivity contribution in [1.82, 2.24) is 10.3 Å². The fourth-order valence-corrected chi connectivity index (χ4v) is 5.10. The van der Waals surface area contributed by atoms with Crippen molar-refractivity contribution in [2.45, 2.75) is 36.7 Å². The van der Waals surface area contributed by atoms with Crippen LogP contribution in [0.1, 0.15) is 35.6 Å². The predicted octanol–water partition coefficient (Wildman–Crippen LogP) is 4.14. The van der Waals surface area contributed by atoms with E-state index in [2.05, 4.69) is 20.9 Å². The minimum Gasteiger partial charge on any atom is -0.383 e. The average Bonchev–Trinajstić information content (AvgIpc) is 2.90. The van der Waals surface area contributed by atoms with Crippen LogP contribution >= 0.6 is 0 Å². The molecule has 38 heavy (non-hydrogen) atoms. The topological polar surface area (TPSA) is 146 Å². The lowest BCUT2D eigenvalue weighted by atomic mass is 10.0. The van der Waals surface area contributed by atoms with E-state index in [4.69, 9.17) is 5.73 Å². The largest absolute Gasteiger partial charge is 0.383 e. The van der Waals surface area contributed by atoms with Crippen molar-refractivity contribution in [3.63, 3.8) is 0 Å². The smallest absolute Gasteiger partial charge is 0.247 e. The number of hydrogen-bond donors (Lipinski definition) is 5. The van der Waals surface area contributed by atoms with Gasteiger partial charge in [0.1, 0.15) is 11.9 Å². The molecule has 2 amide bonds. The van der Waals surface area contributed by atoms with Crippen LogP contribution in [0, 0.1) is 0 Å². The molecule has 194 valence electrons. The van der Waals surface area contributed by atoms with Crippen LogP contribution in [-0.2, 0) is 33.6 Å². The Morgan fingerprint density at radius 3 is 2.61 bits per heavy atom. The number of nitrogen functional groups attached to an aromatic ring is 1. The van der Waals surface area contributed by atoms with Crippen molar-refractivity contribution in [2.24, 2.45) is 0 Å². The summed E-state index contributed by atoms with van der Waals surface area (Å²) in [6.07, 6.45) is 3.35. The Kier molecular flexibility index (Phi) is 7.34. The van der Waals surface area contributed by atoms with E-state index in [9.17, 15) is 18.4 Å². The summed E-state index contributed by atoms with van der Waals surface area (Å²) in [6.45, 7) is 0.000361. The molecular formula is C28H27N5O4S. The van der Waals surface area contributed by atoms with Gasteiger partial charge in [-0.15, -0.1) is 0 Å². The Morgan fingerprint density at radius 1 is 1.00 bits per heavy atom. The minimum atomic E-state index is -2.26. The van der Waals surface area contributed by atoms with Crippen LogP contribution in [-0.4, -0.2) is 25.6 Å². The molecule has 1 aromatic heterocycles. The molecule has 4 aromatic rings. The normalized spacial score (nSPS) is 17.0. The van der Waals surface area contributed by atoms with Crippen LogP contribution in [0.3, 0.4) is 0 Å². The number of benzene rings is 3. The molecule has 0 saturated carbocycles. The maximum absolute atomic E-state index is 13.5. The van der Waals surface area contributed by atoms with Crippen LogP contribution < -0.4 is 21.7 Å². The van der Waals surface area contributed by atoms with Gasteiger partial charge in [0.25, 0.3) is 0 Å². The molecule has 1 unspecified atom stereocenters. The van der Waals surface area contributed by atoms with Crippen LogP contribution in [0.4, 0.5) is 17.2 Å². The number of carbonyl (C=O) groups is 2. The molecule has 10 heteroatoms. The fraction of sp³-hybridized carbons (Fsp3) is 0.179. The molecule has 2 aliphatic heterocycles. The van der Waals surface area contributed by atoms with E-state index in [1.807, 2.05) is 48.5 Å². The van der Waals surface area contributed by atoms with Crippen LogP contribution in [0.2, 0.25) is 0 Å². The number of nitrogens with zero attached hydrogens (tertiary/aromatic N) is 1. The van der Waals surface area contributed by atoms with E-state index < -0.39 is 17.1 Å². The lowest BCUT2D eigenvalue weighted by Crippen LogP contribution is -2.33. The molecule has 0 aliphatic carbocycles. The second kappa shape index (κ2) is 11.0. The van der Waals surface area contributed by atoms with Gasteiger partial charge in [0, 0.05) is 35.9 Å². The van der Waals surface area contributed by atoms with Crippen molar-refractivity contribution in [2.75, 3.05) is 16.4 Å². The molecule has 4 bridgehead atoms. The fourth-order valence-electron chi connectivity index (χ4n) is 4.56. The second-order valence-electron chi connectivity index (χ2n) is 9.14. The van der Waals surface area contributed by atoms with E-state index in [1.165, 1.54) is 6.07 Å². The van der Waals surface area contributed by atoms with Gasteiger partial charge in [-0.05, 0) is 77.4 Å². The van der Waals surface area contributed by atoms with Crippen molar-refractivity contribution in [1.29, 1.82) is 0 Å². The molecule has 6 rings (SSSR count). The summed E-state index contributed by atoms with van der Waals surface area (Å²) in [7, 11) is 0. The number of carbonyl (C=O) groups excluding carboxylic acids is 2. The first-order chi connectivity index (χ1) is 18.4. The zero-order valence-corrected chi connectivity index (χ0v) is 21.3. The van der Waals surface area contributed by atoms with Gasteiger partial charge in [-0.3, -0.25) is 9.59 Å². The highest BCUT2D eigenvalue weighted by Crippen LogP contribution is 2.27. The third-order valence-electron chi connectivity index (χ3n) is 6.54. The van der Waals surface area contributed by atoms with E-state index in [1.54, 1.807) is 18.3 Å². The highest BCUT2D eigenvalue weighted by atomic mass is 32.2. The molecule has 6 N–H and O–H groups in total. The van der Waals surface area contributed by atoms with Crippen LogP contribution in [0.15, 0.2) is 77.8 Å². The van der Waals surface area contributed by atoms with Gasteiger partial charge in [0.2, 0.25) is 11.8 Å². The minimum absolute atomic E-state index is 0.000361. The predicted molar refractivity (Wildman–Crippen MR) is 148 cm³/mol. The average molecular weight is 530 g/mol. The molecule has 0 radical (unpaired) electrons. The molecule has 2 aliphatic rings. The third kappa shape index (κ3) is 5.66. The Labute approximate surface area is 222 Å². The Balaban J connectivity index is 1.49. The zero-order valence-electron chi connectivity index (χ0n) is 20.4. The van der Waals surface area contributed by atoms with Gasteiger partial charge in [0.05, 0.1) is 4.90 Å². The molecular weight excluding hydrogens is 502 g/mol. The molecule has 3 aromatic carbocycles. The van der Waals surface area contributed by atoms with E-state index in [-0.39, 0.29) is 23.3 Å². The van der Waals surface area contributed by atoms with Gasteiger partial charge < -0.3 is 26.2 Å². The number of aromatic nitrogens is 1. The number of pyridine rings is 1. The summed E-state index contributed by atoms with van der Waals surface area (Å²) in [6, 6.07) is 19.1. The Hall–Kier alpha value is -4.28. The lowest BCUT2D eigenvalue weighted by Gasteiger charge is -2.21. The number of rotatable bonds is 3. The summed E-state index contributed by atoms with van der Waals surface area (Å²) < 4.78 is 21.7. The number of nitrogens with two attached hydrogens (primary N) is 1. The standard InChI is InChI=1S/C28H27N5O4S/c29-27-23-10-8-22(14-19(23)12-13-30-27)33-26-18-6-4-17(5-7-18)2-1-3-25(34)32-21-9-11-24(38(36)37)20(15-21)16-31-28(26)35/h4-15,26,33H,1-3,16H2,(H2,29,30)(H,31,35)(H,32,34)(H,36,37)/t26-/m1/s1. The van der Waals surface area contributed by atoms with Gasteiger partial charge in [0.15, 0.2) is 11.1 Å². The number of nitrogens with one attached hydrogen (secondary N) is 3. The van der Waals surface area contributed by atoms with E-state index >= 15 is 0 Å². The highest BCUT2D eigenvalue weighted by Gasteiger charge is 2.22. The number of fused-ring (bicyclic) bond motifs is 10.